The van der Waals surface area contributed by atoms with Crippen molar-refractivity contribution in [3.05, 3.63) is 75.8 Å². The average Bonchev–Trinajstić information content (AvgIpc) is 3.08. The number of aromatic nitrogens is 1. The molecule has 152 valence electrons. The van der Waals surface area contributed by atoms with Gasteiger partial charge in [-0.05, 0) is 24.6 Å². The number of methoxy groups -OCH3 is 1. The lowest BCUT2D eigenvalue weighted by molar-refractivity contribution is -0.137. The maximum atomic E-state index is 12.8. The monoisotopic (exact) mass is 420 g/mol. The lowest BCUT2D eigenvalue weighted by Gasteiger charge is -2.09. The molecule has 0 saturated heterocycles. The molecule has 0 radical (unpaired) electrons. The smallest absolute Gasteiger partial charge is 0.416 e. The second kappa shape index (κ2) is 8.65. The quantitative estimate of drug-likeness (QED) is 0.593. The highest BCUT2D eigenvalue weighted by Gasteiger charge is 2.30. The predicted octanol–water partition coefficient (Wildman–Crippen LogP) is 5.25. The van der Waals surface area contributed by atoms with Gasteiger partial charge in [0.1, 0.15) is 5.75 Å². The Labute approximate surface area is 170 Å². The van der Waals surface area contributed by atoms with Crippen molar-refractivity contribution >= 4 is 22.4 Å². The molecule has 0 aliphatic rings. The number of aryl methyl sites for hydroxylation is 1. The largest absolute Gasteiger partial charge is 0.496 e. The predicted molar refractivity (Wildman–Crippen MR) is 106 cm³/mol. The van der Waals surface area contributed by atoms with Crippen molar-refractivity contribution in [3.63, 3.8) is 0 Å². The number of hydrogen-bond donors (Lipinski definition) is 1. The van der Waals surface area contributed by atoms with E-state index in [1.165, 1.54) is 17.4 Å². The molecule has 0 atom stereocenters. The first-order chi connectivity index (χ1) is 13.7. The summed E-state index contributed by atoms with van der Waals surface area (Å²) in [7, 11) is 1.55. The van der Waals surface area contributed by atoms with Crippen LogP contribution in [0.1, 0.15) is 27.1 Å². The number of nitrogens with zero attached hydrogens (tertiary/aromatic N) is 1. The van der Waals surface area contributed by atoms with Gasteiger partial charge in [-0.3, -0.25) is 4.79 Å². The molecule has 1 amide bonds. The van der Waals surface area contributed by atoms with Crippen molar-refractivity contribution in [1.82, 2.24) is 4.98 Å². The minimum absolute atomic E-state index is 0.132. The van der Waals surface area contributed by atoms with E-state index in [0.717, 1.165) is 28.1 Å². The Kier molecular flexibility index (Phi) is 6.22. The summed E-state index contributed by atoms with van der Waals surface area (Å²) in [6, 6.07) is 10.8. The van der Waals surface area contributed by atoms with Gasteiger partial charge in [0.15, 0.2) is 5.13 Å². The number of carbonyl (C=O) groups is 1. The van der Waals surface area contributed by atoms with Gasteiger partial charge in [-0.25, -0.2) is 4.98 Å². The first kappa shape index (κ1) is 20.9. The third-order valence-electron chi connectivity index (χ3n) is 4.22. The molecule has 0 fully saturated rings. The molecule has 8 heteroatoms. The van der Waals surface area contributed by atoms with Crippen molar-refractivity contribution < 1.29 is 22.7 Å². The molecule has 0 aliphatic heterocycles. The Balaban J connectivity index is 1.65. The van der Waals surface area contributed by atoms with Crippen molar-refractivity contribution in [3.8, 4) is 5.75 Å². The van der Waals surface area contributed by atoms with Gasteiger partial charge in [-0.2, -0.15) is 13.2 Å². The summed E-state index contributed by atoms with van der Waals surface area (Å²) >= 11 is 1.24. The molecule has 0 saturated carbocycles. The van der Waals surface area contributed by atoms with E-state index in [9.17, 15) is 18.0 Å². The first-order valence-electron chi connectivity index (χ1n) is 8.79. The maximum Gasteiger partial charge on any atom is 0.416 e. The van der Waals surface area contributed by atoms with E-state index in [1.54, 1.807) is 19.4 Å². The highest BCUT2D eigenvalue weighted by molar-refractivity contribution is 7.15. The summed E-state index contributed by atoms with van der Waals surface area (Å²) in [6.45, 7) is 1.93. The number of carbonyl (C=O) groups excluding carboxylic acids is 1. The third kappa shape index (κ3) is 5.57. The highest BCUT2D eigenvalue weighted by Crippen LogP contribution is 2.30. The van der Waals surface area contributed by atoms with Crippen molar-refractivity contribution in [2.75, 3.05) is 12.4 Å². The van der Waals surface area contributed by atoms with Crippen LogP contribution in [0.25, 0.3) is 0 Å². The Morgan fingerprint density at radius 3 is 2.72 bits per heavy atom. The van der Waals surface area contributed by atoms with Crippen LogP contribution in [-0.4, -0.2) is 18.0 Å². The van der Waals surface area contributed by atoms with Crippen molar-refractivity contribution in [2.45, 2.75) is 25.9 Å². The Morgan fingerprint density at radius 2 is 2.00 bits per heavy atom. The normalized spacial score (nSPS) is 11.3. The first-order valence-corrected chi connectivity index (χ1v) is 9.60. The lowest BCUT2D eigenvalue weighted by atomic mass is 10.1. The number of nitrogens with one attached hydrogen (secondary N) is 1. The van der Waals surface area contributed by atoms with Crippen LogP contribution in [0.5, 0.6) is 5.75 Å². The van der Waals surface area contributed by atoms with Gasteiger partial charge in [-0.15, -0.1) is 11.3 Å². The highest BCUT2D eigenvalue weighted by atomic mass is 32.1. The topological polar surface area (TPSA) is 51.2 Å². The Bertz CT molecular complexity index is 1020. The zero-order valence-corrected chi connectivity index (χ0v) is 16.7. The average molecular weight is 420 g/mol. The van der Waals surface area contributed by atoms with Crippen LogP contribution < -0.4 is 10.1 Å². The molecule has 29 heavy (non-hydrogen) atoms. The van der Waals surface area contributed by atoms with E-state index in [4.69, 9.17) is 4.74 Å². The number of hydrogen-bond acceptors (Lipinski definition) is 4. The zero-order chi connectivity index (χ0) is 21.0. The lowest BCUT2D eigenvalue weighted by Crippen LogP contribution is -2.14. The molecular weight excluding hydrogens is 401 g/mol. The third-order valence-corrected chi connectivity index (χ3v) is 5.13. The SMILES string of the molecule is COc1ccc(C)cc1CC(=O)Nc1ncc(Cc2cccc(C(F)(F)F)c2)s1. The van der Waals surface area contributed by atoms with Crippen LogP contribution >= 0.6 is 11.3 Å². The van der Waals surface area contributed by atoms with Crippen molar-refractivity contribution in [2.24, 2.45) is 0 Å². The van der Waals surface area contributed by atoms with Gasteiger partial charge < -0.3 is 10.1 Å². The minimum atomic E-state index is -4.38. The van der Waals surface area contributed by atoms with Crippen LogP contribution in [0.3, 0.4) is 0 Å². The minimum Gasteiger partial charge on any atom is -0.496 e. The fourth-order valence-corrected chi connectivity index (χ4v) is 3.75. The number of anilines is 1. The molecule has 1 aromatic heterocycles. The van der Waals surface area contributed by atoms with Crippen LogP contribution in [0, 0.1) is 6.92 Å². The summed E-state index contributed by atoms with van der Waals surface area (Å²) in [6.07, 6.45) is -2.37. The summed E-state index contributed by atoms with van der Waals surface area (Å²) in [5, 5.41) is 3.14. The summed E-state index contributed by atoms with van der Waals surface area (Å²) < 4.78 is 43.8. The van der Waals surface area contributed by atoms with Crippen LogP contribution in [0.4, 0.5) is 18.3 Å². The zero-order valence-electron chi connectivity index (χ0n) is 15.8. The van der Waals surface area contributed by atoms with Gasteiger partial charge in [0, 0.05) is 23.1 Å². The van der Waals surface area contributed by atoms with Crippen LogP contribution in [0.2, 0.25) is 0 Å². The maximum absolute atomic E-state index is 12.8. The number of alkyl halides is 3. The molecule has 4 nitrogen and oxygen atoms in total. The van der Waals surface area contributed by atoms with E-state index in [0.29, 0.717) is 22.9 Å². The molecule has 1 heterocycles. The summed E-state index contributed by atoms with van der Waals surface area (Å²) in [5.74, 6) is 0.393. The second-order valence-electron chi connectivity index (χ2n) is 6.55. The van der Waals surface area contributed by atoms with Gasteiger partial charge in [0.25, 0.3) is 0 Å². The summed E-state index contributed by atoms with van der Waals surface area (Å²) in [4.78, 5) is 17.3. The van der Waals surface area contributed by atoms with Crippen molar-refractivity contribution in [1.29, 1.82) is 0 Å². The molecule has 3 aromatic rings. The Hall–Kier alpha value is -2.87. The van der Waals surface area contributed by atoms with Gasteiger partial charge in [-0.1, -0.05) is 35.9 Å². The molecule has 0 aliphatic carbocycles. The molecule has 0 bridgehead atoms. The molecule has 0 spiro atoms. The Morgan fingerprint density at radius 1 is 1.21 bits per heavy atom. The second-order valence-corrected chi connectivity index (χ2v) is 7.66. The number of ether oxygens (including phenoxy) is 1. The molecule has 1 N–H and O–H groups in total. The van der Waals surface area contributed by atoms with Gasteiger partial charge in [0.05, 0.1) is 19.1 Å². The molecule has 3 rings (SSSR count). The fraction of sp³-hybridized carbons (Fsp3) is 0.238. The van der Waals surface area contributed by atoms with Gasteiger partial charge >= 0.3 is 6.18 Å². The van der Waals surface area contributed by atoms with Crippen LogP contribution in [-0.2, 0) is 23.8 Å². The number of halogens is 3. The molecular formula is C21H19F3N2O2S. The van der Waals surface area contributed by atoms with E-state index in [1.807, 2.05) is 25.1 Å². The standard InChI is InChI=1S/C21H19F3N2O2S/c1-13-6-7-18(28-2)15(8-13)11-19(27)26-20-25-12-17(29-20)10-14-4-3-5-16(9-14)21(22,23)24/h3-9,12H,10-11H2,1-2H3,(H,25,26,27). The van der Waals surface area contributed by atoms with E-state index in [-0.39, 0.29) is 12.3 Å². The number of thiazole rings is 1. The van der Waals surface area contributed by atoms with E-state index in [2.05, 4.69) is 10.3 Å². The molecule has 2 aromatic carbocycles. The van der Waals surface area contributed by atoms with E-state index < -0.39 is 11.7 Å². The number of rotatable bonds is 6. The number of benzene rings is 2. The van der Waals surface area contributed by atoms with E-state index >= 15 is 0 Å². The molecule has 0 unspecified atom stereocenters. The number of amides is 1. The van der Waals surface area contributed by atoms with Gasteiger partial charge in [0.2, 0.25) is 5.91 Å². The fourth-order valence-electron chi connectivity index (χ4n) is 2.89. The van der Waals surface area contributed by atoms with Crippen LogP contribution in [0.15, 0.2) is 48.7 Å². The summed E-state index contributed by atoms with van der Waals surface area (Å²) in [5.41, 5.74) is 1.64.